The highest BCUT2D eigenvalue weighted by Crippen LogP contribution is 2.20. The van der Waals surface area contributed by atoms with Crippen molar-refractivity contribution in [1.82, 2.24) is 24.5 Å². The Morgan fingerprint density at radius 3 is 2.84 bits per heavy atom. The first-order valence-corrected chi connectivity index (χ1v) is 5.71. The second-order valence-electron chi connectivity index (χ2n) is 4.18. The molecule has 8 nitrogen and oxygen atoms in total. The lowest BCUT2D eigenvalue weighted by atomic mass is 10.3. The minimum absolute atomic E-state index is 0.109. The van der Waals surface area contributed by atoms with Crippen LogP contribution in [0.4, 0.5) is 0 Å². The standard InChI is InChI=1S/C11H15N5O3/c1-7(19-3)6-16-9(8(11(17)18)13-14-16)10-12-4-5-15(10)2/h4-5,7H,6H2,1-3H3,(H,17,18). The number of imidazole rings is 1. The number of carboxylic acid groups (broad SMARTS) is 1. The van der Waals surface area contributed by atoms with Crippen LogP contribution in [0.2, 0.25) is 0 Å². The highest BCUT2D eigenvalue weighted by atomic mass is 16.5. The minimum atomic E-state index is -1.13. The van der Waals surface area contributed by atoms with Gasteiger partial charge in [-0.1, -0.05) is 5.21 Å². The van der Waals surface area contributed by atoms with Gasteiger partial charge in [-0.15, -0.1) is 5.10 Å². The first-order valence-electron chi connectivity index (χ1n) is 5.71. The van der Waals surface area contributed by atoms with Crippen molar-refractivity contribution < 1.29 is 14.6 Å². The molecule has 19 heavy (non-hydrogen) atoms. The molecule has 8 heteroatoms. The molecule has 0 saturated heterocycles. The summed E-state index contributed by atoms with van der Waals surface area (Å²) < 4.78 is 8.38. The SMILES string of the molecule is COC(C)Cn1nnc(C(=O)O)c1-c1nccn1C. The van der Waals surface area contributed by atoms with E-state index in [1.165, 1.54) is 4.68 Å². The van der Waals surface area contributed by atoms with Gasteiger partial charge in [-0.2, -0.15) is 0 Å². The topological polar surface area (TPSA) is 95.1 Å². The van der Waals surface area contributed by atoms with Crippen molar-refractivity contribution in [2.45, 2.75) is 19.6 Å². The van der Waals surface area contributed by atoms with E-state index in [0.717, 1.165) is 0 Å². The van der Waals surface area contributed by atoms with E-state index in [4.69, 9.17) is 4.74 Å². The van der Waals surface area contributed by atoms with Crippen LogP contribution in [0.3, 0.4) is 0 Å². The largest absolute Gasteiger partial charge is 0.476 e. The molecule has 0 saturated carbocycles. The molecule has 0 radical (unpaired) electrons. The molecule has 0 bridgehead atoms. The zero-order valence-electron chi connectivity index (χ0n) is 10.9. The summed E-state index contributed by atoms with van der Waals surface area (Å²) in [4.78, 5) is 15.4. The molecule has 2 aromatic heterocycles. The Kier molecular flexibility index (Phi) is 3.61. The van der Waals surface area contributed by atoms with Crippen LogP contribution in [0.1, 0.15) is 17.4 Å². The molecule has 0 aliphatic heterocycles. The van der Waals surface area contributed by atoms with Crippen molar-refractivity contribution in [3.63, 3.8) is 0 Å². The lowest BCUT2D eigenvalue weighted by molar-refractivity contribution is 0.0691. The fourth-order valence-corrected chi connectivity index (χ4v) is 1.72. The van der Waals surface area contributed by atoms with E-state index < -0.39 is 5.97 Å². The number of rotatable bonds is 5. The number of aromatic nitrogens is 5. The summed E-state index contributed by atoms with van der Waals surface area (Å²) in [5.41, 5.74) is 0.265. The van der Waals surface area contributed by atoms with Gasteiger partial charge in [0.15, 0.2) is 5.82 Å². The number of carboxylic acids is 1. The normalized spacial score (nSPS) is 12.6. The van der Waals surface area contributed by atoms with Crippen LogP contribution in [-0.2, 0) is 18.3 Å². The van der Waals surface area contributed by atoms with Crippen molar-refractivity contribution in [2.75, 3.05) is 7.11 Å². The second-order valence-corrected chi connectivity index (χ2v) is 4.18. The van der Waals surface area contributed by atoms with E-state index in [0.29, 0.717) is 18.1 Å². The Labute approximate surface area is 109 Å². The van der Waals surface area contributed by atoms with Gasteiger partial charge in [0.1, 0.15) is 5.69 Å². The van der Waals surface area contributed by atoms with Gasteiger partial charge in [0, 0.05) is 26.6 Å². The Morgan fingerprint density at radius 2 is 2.32 bits per heavy atom. The molecule has 1 N–H and O–H groups in total. The number of nitrogens with zero attached hydrogens (tertiary/aromatic N) is 5. The molecule has 0 fully saturated rings. The van der Waals surface area contributed by atoms with Crippen LogP contribution in [0.25, 0.3) is 11.5 Å². The fourth-order valence-electron chi connectivity index (χ4n) is 1.72. The van der Waals surface area contributed by atoms with Crippen LogP contribution < -0.4 is 0 Å². The van der Waals surface area contributed by atoms with E-state index in [2.05, 4.69) is 15.3 Å². The van der Waals surface area contributed by atoms with E-state index in [1.807, 2.05) is 6.92 Å². The number of hydrogen-bond acceptors (Lipinski definition) is 5. The van der Waals surface area contributed by atoms with Gasteiger partial charge in [0.2, 0.25) is 5.69 Å². The quantitative estimate of drug-likeness (QED) is 0.841. The van der Waals surface area contributed by atoms with E-state index in [9.17, 15) is 9.90 Å². The molecular weight excluding hydrogens is 250 g/mol. The molecule has 0 aliphatic rings. The molecule has 2 aromatic rings. The molecule has 0 aliphatic carbocycles. The maximum Gasteiger partial charge on any atom is 0.358 e. The fraction of sp³-hybridized carbons (Fsp3) is 0.455. The predicted molar refractivity (Wildman–Crippen MR) is 65.7 cm³/mol. The summed E-state index contributed by atoms with van der Waals surface area (Å²) in [6.45, 7) is 2.27. The molecule has 1 unspecified atom stereocenters. The zero-order chi connectivity index (χ0) is 14.0. The molecule has 0 amide bonds. The Bertz CT molecular complexity index is 589. The summed E-state index contributed by atoms with van der Waals surface area (Å²) in [5, 5.41) is 16.8. The molecule has 0 spiro atoms. The number of aromatic carboxylic acids is 1. The van der Waals surface area contributed by atoms with Crippen molar-refractivity contribution in [2.24, 2.45) is 7.05 Å². The van der Waals surface area contributed by atoms with Gasteiger partial charge >= 0.3 is 5.97 Å². The third kappa shape index (κ3) is 2.48. The Hall–Kier alpha value is -2.22. The molecule has 2 heterocycles. The summed E-state index contributed by atoms with van der Waals surface area (Å²) in [6.07, 6.45) is 3.22. The maximum atomic E-state index is 11.2. The molecular formula is C11H15N5O3. The van der Waals surface area contributed by atoms with E-state index in [1.54, 1.807) is 31.1 Å². The average Bonchev–Trinajstić information content (AvgIpc) is 2.95. The van der Waals surface area contributed by atoms with E-state index in [-0.39, 0.29) is 11.8 Å². The maximum absolute atomic E-state index is 11.2. The summed E-state index contributed by atoms with van der Waals surface area (Å²) in [6, 6.07) is 0. The molecule has 0 aromatic carbocycles. The first kappa shape index (κ1) is 13.2. The molecule has 102 valence electrons. The van der Waals surface area contributed by atoms with Gasteiger partial charge in [-0.25, -0.2) is 14.5 Å². The highest BCUT2D eigenvalue weighted by Gasteiger charge is 2.24. The zero-order valence-corrected chi connectivity index (χ0v) is 10.9. The number of aryl methyl sites for hydroxylation is 1. The highest BCUT2D eigenvalue weighted by molar-refractivity contribution is 5.91. The van der Waals surface area contributed by atoms with Crippen LogP contribution in [0.5, 0.6) is 0 Å². The Balaban J connectivity index is 2.51. The van der Waals surface area contributed by atoms with Crippen molar-refractivity contribution in [3.05, 3.63) is 18.1 Å². The van der Waals surface area contributed by atoms with Crippen molar-refractivity contribution >= 4 is 5.97 Å². The summed E-state index contributed by atoms with van der Waals surface area (Å²) >= 11 is 0. The number of methoxy groups -OCH3 is 1. The number of carbonyl (C=O) groups is 1. The van der Waals surface area contributed by atoms with Gasteiger partial charge in [-0.3, -0.25) is 0 Å². The van der Waals surface area contributed by atoms with Crippen molar-refractivity contribution in [1.29, 1.82) is 0 Å². The lowest BCUT2D eigenvalue weighted by Gasteiger charge is -2.11. The van der Waals surface area contributed by atoms with Crippen LogP contribution >= 0.6 is 0 Å². The monoisotopic (exact) mass is 265 g/mol. The lowest BCUT2D eigenvalue weighted by Crippen LogP contribution is -2.17. The van der Waals surface area contributed by atoms with E-state index >= 15 is 0 Å². The van der Waals surface area contributed by atoms with Crippen molar-refractivity contribution in [3.8, 4) is 11.5 Å². The average molecular weight is 265 g/mol. The van der Waals surface area contributed by atoms with Gasteiger partial charge in [0.25, 0.3) is 0 Å². The summed E-state index contributed by atoms with van der Waals surface area (Å²) in [5.74, 6) is -0.625. The van der Waals surface area contributed by atoms with Crippen LogP contribution in [0.15, 0.2) is 12.4 Å². The first-order chi connectivity index (χ1) is 9.04. The minimum Gasteiger partial charge on any atom is -0.476 e. The third-order valence-electron chi connectivity index (χ3n) is 2.80. The van der Waals surface area contributed by atoms with Gasteiger partial charge in [0.05, 0.1) is 12.6 Å². The smallest absolute Gasteiger partial charge is 0.358 e. The second kappa shape index (κ2) is 5.19. The van der Waals surface area contributed by atoms with Crippen LogP contribution in [-0.4, -0.2) is 48.8 Å². The molecule has 2 rings (SSSR count). The Morgan fingerprint density at radius 1 is 1.58 bits per heavy atom. The van der Waals surface area contributed by atoms with Gasteiger partial charge < -0.3 is 14.4 Å². The summed E-state index contributed by atoms with van der Waals surface area (Å²) in [7, 11) is 3.37. The number of hydrogen-bond donors (Lipinski definition) is 1. The molecule has 1 atom stereocenters. The van der Waals surface area contributed by atoms with Gasteiger partial charge in [-0.05, 0) is 6.92 Å². The predicted octanol–water partition coefficient (Wildman–Crippen LogP) is 0.412. The van der Waals surface area contributed by atoms with Crippen LogP contribution in [0, 0.1) is 0 Å². The third-order valence-corrected chi connectivity index (χ3v) is 2.80. The number of ether oxygens (including phenoxy) is 1.